The minimum atomic E-state index is 0.760. The van der Waals surface area contributed by atoms with Crippen LogP contribution in [0.3, 0.4) is 0 Å². The van der Waals surface area contributed by atoms with E-state index in [9.17, 15) is 0 Å². The zero-order chi connectivity index (χ0) is 11.3. The first-order valence-electron chi connectivity index (χ1n) is 5.78. The minimum absolute atomic E-state index is 0.760. The molecule has 0 heterocycles. The van der Waals surface area contributed by atoms with Crippen LogP contribution in [0.4, 0.5) is 0 Å². The van der Waals surface area contributed by atoms with Crippen LogP contribution >= 0.6 is 0 Å². The molecule has 0 aliphatic carbocycles. The monoisotopic (exact) mass is 202 g/mol. The third-order valence-electron chi connectivity index (χ3n) is 2.76. The Morgan fingerprint density at radius 2 is 1.60 bits per heavy atom. The first-order chi connectivity index (χ1) is 7.09. The summed E-state index contributed by atoms with van der Waals surface area (Å²) >= 11 is 0. The molecule has 0 radical (unpaired) electrons. The van der Waals surface area contributed by atoms with Crippen molar-refractivity contribution >= 4 is 0 Å². The smallest absolute Gasteiger partial charge is 0.00673 e. The van der Waals surface area contributed by atoms with Crippen molar-refractivity contribution in [1.29, 1.82) is 0 Å². The summed E-state index contributed by atoms with van der Waals surface area (Å²) in [7, 11) is 0. The lowest BCUT2D eigenvalue weighted by atomic mass is 9.96. The first-order valence-corrected chi connectivity index (χ1v) is 5.78. The molecule has 0 fully saturated rings. The van der Waals surface area contributed by atoms with E-state index in [1.165, 1.54) is 17.6 Å². The summed E-state index contributed by atoms with van der Waals surface area (Å²) in [5.74, 6) is 0.760. The van der Waals surface area contributed by atoms with Crippen LogP contribution in [0.2, 0.25) is 0 Å². The van der Waals surface area contributed by atoms with Gasteiger partial charge in [0.05, 0.1) is 0 Å². The van der Waals surface area contributed by atoms with Crippen LogP contribution in [0, 0.1) is 5.92 Å². The summed E-state index contributed by atoms with van der Waals surface area (Å²) in [6.45, 7) is 9.07. The van der Waals surface area contributed by atoms with E-state index in [0.717, 1.165) is 12.3 Å². The lowest BCUT2D eigenvalue weighted by molar-refractivity contribution is 0.637. The Morgan fingerprint density at radius 3 is 2.13 bits per heavy atom. The van der Waals surface area contributed by atoms with Gasteiger partial charge in [0.15, 0.2) is 0 Å². The van der Waals surface area contributed by atoms with Gasteiger partial charge in [0.1, 0.15) is 0 Å². The van der Waals surface area contributed by atoms with Gasteiger partial charge in [-0.15, -0.1) is 0 Å². The normalized spacial score (nSPS) is 12.9. The number of rotatable bonds is 4. The Hall–Kier alpha value is -1.04. The second-order valence-electron chi connectivity index (χ2n) is 4.82. The number of hydrogen-bond acceptors (Lipinski definition) is 0. The SMILES string of the molecule is C/C(Cc1ccccc1)=C(\C)CC(C)C. The minimum Gasteiger partial charge on any atom is -0.0738 e. The molecule has 0 unspecified atom stereocenters. The highest BCUT2D eigenvalue weighted by Gasteiger charge is 2.01. The molecule has 0 N–H and O–H groups in total. The molecule has 0 spiro atoms. The first kappa shape index (κ1) is 12.0. The van der Waals surface area contributed by atoms with E-state index in [0.29, 0.717) is 0 Å². The van der Waals surface area contributed by atoms with Gasteiger partial charge in [0, 0.05) is 0 Å². The van der Waals surface area contributed by atoms with Crippen molar-refractivity contribution in [2.75, 3.05) is 0 Å². The van der Waals surface area contributed by atoms with Crippen molar-refractivity contribution < 1.29 is 0 Å². The van der Waals surface area contributed by atoms with E-state index in [-0.39, 0.29) is 0 Å². The van der Waals surface area contributed by atoms with Gasteiger partial charge >= 0.3 is 0 Å². The Balaban J connectivity index is 2.65. The topological polar surface area (TPSA) is 0 Å². The molecule has 1 aromatic rings. The summed E-state index contributed by atoms with van der Waals surface area (Å²) in [6, 6.07) is 10.7. The lowest BCUT2D eigenvalue weighted by Gasteiger charge is -2.10. The molecule has 0 atom stereocenters. The highest BCUT2D eigenvalue weighted by atomic mass is 14.1. The highest BCUT2D eigenvalue weighted by molar-refractivity contribution is 5.23. The molecule has 82 valence electrons. The van der Waals surface area contributed by atoms with Gasteiger partial charge in [0.25, 0.3) is 0 Å². The van der Waals surface area contributed by atoms with Crippen LogP contribution in [0.25, 0.3) is 0 Å². The summed E-state index contributed by atoms with van der Waals surface area (Å²) < 4.78 is 0. The molecule has 1 aromatic carbocycles. The number of benzene rings is 1. The molecule has 0 saturated heterocycles. The van der Waals surface area contributed by atoms with Crippen molar-refractivity contribution in [3.8, 4) is 0 Å². The van der Waals surface area contributed by atoms with Crippen LogP contribution < -0.4 is 0 Å². The van der Waals surface area contributed by atoms with Gasteiger partial charge < -0.3 is 0 Å². The molecular formula is C15H22. The molecule has 0 aliphatic heterocycles. The van der Waals surface area contributed by atoms with Gasteiger partial charge in [-0.1, -0.05) is 55.3 Å². The molecule has 15 heavy (non-hydrogen) atoms. The number of allylic oxidation sites excluding steroid dienone is 2. The number of hydrogen-bond donors (Lipinski definition) is 0. The fourth-order valence-corrected chi connectivity index (χ4v) is 1.84. The summed E-state index contributed by atoms with van der Waals surface area (Å²) in [5.41, 5.74) is 4.49. The maximum Gasteiger partial charge on any atom is -0.00673 e. The Bertz CT molecular complexity index is 317. The van der Waals surface area contributed by atoms with Crippen LogP contribution in [-0.2, 0) is 6.42 Å². The van der Waals surface area contributed by atoms with Gasteiger partial charge in [-0.05, 0) is 38.2 Å². The van der Waals surface area contributed by atoms with E-state index >= 15 is 0 Å². The van der Waals surface area contributed by atoms with Crippen molar-refractivity contribution in [2.45, 2.75) is 40.5 Å². The molecule has 0 nitrogen and oxygen atoms in total. The standard InChI is InChI=1S/C15H22/c1-12(2)10-13(3)14(4)11-15-8-6-5-7-9-15/h5-9,12H,10-11H2,1-4H3/b14-13-. The van der Waals surface area contributed by atoms with Crippen molar-refractivity contribution in [1.82, 2.24) is 0 Å². The second kappa shape index (κ2) is 5.75. The Morgan fingerprint density at radius 1 is 1.00 bits per heavy atom. The molecule has 0 aromatic heterocycles. The van der Waals surface area contributed by atoms with Crippen LogP contribution in [-0.4, -0.2) is 0 Å². The van der Waals surface area contributed by atoms with E-state index in [1.54, 1.807) is 5.57 Å². The molecule has 1 rings (SSSR count). The highest BCUT2D eigenvalue weighted by Crippen LogP contribution is 2.17. The van der Waals surface area contributed by atoms with Gasteiger partial charge in [-0.3, -0.25) is 0 Å². The van der Waals surface area contributed by atoms with Crippen LogP contribution in [0.15, 0.2) is 41.5 Å². The van der Waals surface area contributed by atoms with E-state index in [4.69, 9.17) is 0 Å². The molecule has 0 saturated carbocycles. The second-order valence-corrected chi connectivity index (χ2v) is 4.82. The average molecular weight is 202 g/mol. The van der Waals surface area contributed by atoms with Gasteiger partial charge in [-0.25, -0.2) is 0 Å². The maximum atomic E-state index is 2.28. The zero-order valence-corrected chi connectivity index (χ0v) is 10.4. The molecule has 0 aliphatic rings. The molecule has 0 amide bonds. The summed E-state index contributed by atoms with van der Waals surface area (Å²) in [5, 5.41) is 0. The largest absolute Gasteiger partial charge is 0.0738 e. The predicted molar refractivity (Wildman–Crippen MR) is 68.0 cm³/mol. The maximum absolute atomic E-state index is 2.28. The lowest BCUT2D eigenvalue weighted by Crippen LogP contribution is -1.94. The quantitative estimate of drug-likeness (QED) is 0.625. The fourth-order valence-electron chi connectivity index (χ4n) is 1.84. The van der Waals surface area contributed by atoms with E-state index in [1.807, 2.05) is 0 Å². The Kier molecular flexibility index (Phi) is 4.61. The van der Waals surface area contributed by atoms with E-state index < -0.39 is 0 Å². The summed E-state index contributed by atoms with van der Waals surface area (Å²) in [4.78, 5) is 0. The van der Waals surface area contributed by atoms with Crippen LogP contribution in [0.1, 0.15) is 39.7 Å². The summed E-state index contributed by atoms with van der Waals surface area (Å²) in [6.07, 6.45) is 2.32. The molecule has 0 bridgehead atoms. The van der Waals surface area contributed by atoms with Gasteiger partial charge in [0.2, 0.25) is 0 Å². The van der Waals surface area contributed by atoms with Crippen LogP contribution in [0.5, 0.6) is 0 Å². The third-order valence-corrected chi connectivity index (χ3v) is 2.76. The van der Waals surface area contributed by atoms with E-state index in [2.05, 4.69) is 58.0 Å². The van der Waals surface area contributed by atoms with Gasteiger partial charge in [-0.2, -0.15) is 0 Å². The third kappa shape index (κ3) is 4.33. The zero-order valence-electron chi connectivity index (χ0n) is 10.4. The molecule has 0 heteroatoms. The van der Waals surface area contributed by atoms with Crippen molar-refractivity contribution in [2.24, 2.45) is 5.92 Å². The molecular weight excluding hydrogens is 180 g/mol. The Labute approximate surface area is 94.0 Å². The predicted octanol–water partition coefficient (Wildman–Crippen LogP) is 4.61. The average Bonchev–Trinajstić information content (AvgIpc) is 2.18. The van der Waals surface area contributed by atoms with Crippen molar-refractivity contribution in [3.63, 3.8) is 0 Å². The fraction of sp³-hybridized carbons (Fsp3) is 0.467. The van der Waals surface area contributed by atoms with Crippen molar-refractivity contribution in [3.05, 3.63) is 47.0 Å².